The summed E-state index contributed by atoms with van der Waals surface area (Å²) in [4.78, 5) is 28.5. The van der Waals surface area contributed by atoms with Crippen molar-refractivity contribution >= 4 is 45.1 Å². The Morgan fingerprint density at radius 3 is 2.71 bits per heavy atom. The number of pyridine rings is 2. The average molecular weight is 459 g/mol. The number of hydrogen-bond donors (Lipinski definition) is 2. The predicted octanol–water partition coefficient (Wildman–Crippen LogP) is 3.91. The van der Waals surface area contributed by atoms with Crippen LogP contribution >= 0.6 is 0 Å². The highest BCUT2D eigenvalue weighted by molar-refractivity contribution is 6.03. The Kier molecular flexibility index (Phi) is 5.06. The van der Waals surface area contributed by atoms with E-state index in [1.807, 2.05) is 25.2 Å². The van der Waals surface area contributed by atoms with Crippen LogP contribution in [0, 0.1) is 11.8 Å². The van der Waals surface area contributed by atoms with Gasteiger partial charge in [-0.25, -0.2) is 15.0 Å². The summed E-state index contributed by atoms with van der Waals surface area (Å²) < 4.78 is 11.7. The van der Waals surface area contributed by atoms with Crippen LogP contribution in [0.15, 0.2) is 41.1 Å². The van der Waals surface area contributed by atoms with Crippen molar-refractivity contribution < 1.29 is 13.9 Å². The van der Waals surface area contributed by atoms with E-state index in [2.05, 4.69) is 38.5 Å². The molecule has 9 heteroatoms. The third-order valence-electron chi connectivity index (χ3n) is 6.68. The molecule has 9 nitrogen and oxygen atoms in total. The molecule has 3 aromatic heterocycles. The smallest absolute Gasteiger partial charge is 0.229 e. The van der Waals surface area contributed by atoms with Crippen LogP contribution in [0.25, 0.3) is 33.3 Å². The summed E-state index contributed by atoms with van der Waals surface area (Å²) in [5, 5.41) is 7.75. The summed E-state index contributed by atoms with van der Waals surface area (Å²) in [7, 11) is 1.82. The van der Waals surface area contributed by atoms with Gasteiger partial charge in [0.05, 0.1) is 18.8 Å². The molecule has 1 aliphatic carbocycles. The second kappa shape index (κ2) is 8.25. The Morgan fingerprint density at radius 1 is 1.12 bits per heavy atom. The van der Waals surface area contributed by atoms with Gasteiger partial charge in [-0.05, 0) is 30.5 Å². The van der Waals surface area contributed by atoms with E-state index in [0.717, 1.165) is 65.8 Å². The Labute approximate surface area is 196 Å². The van der Waals surface area contributed by atoms with E-state index in [1.54, 1.807) is 12.4 Å². The van der Waals surface area contributed by atoms with E-state index in [4.69, 9.17) is 14.1 Å². The number of nitrogens with zero attached hydrogens (tertiary/aromatic N) is 4. The summed E-state index contributed by atoms with van der Waals surface area (Å²) in [6, 6.07) is 7.94. The highest BCUT2D eigenvalue weighted by Gasteiger charge is 2.39. The van der Waals surface area contributed by atoms with Crippen molar-refractivity contribution in [1.82, 2.24) is 15.0 Å². The molecule has 6 rings (SSSR count). The number of hydrogen-bond acceptors (Lipinski definition) is 8. The van der Waals surface area contributed by atoms with Gasteiger partial charge in [-0.3, -0.25) is 4.79 Å². The van der Waals surface area contributed by atoms with Crippen molar-refractivity contribution in [2.24, 2.45) is 11.8 Å². The Bertz CT molecular complexity index is 1390. The molecular formula is C25H26N6O3. The standard InChI is InChI=1S/C25H26N6O3/c1-14-9-16(14)24(32)30-22-11-17-18(12-27-22)23(26-2)28-13-19(17)25-29-20-4-3-15(10-21(20)34-25)31-5-7-33-8-6-31/h3-4,10-14,16H,5-9H2,1-2H3,(H,26,28)(H,27,30,32)/t14-,16+/m1/s1. The van der Waals surface area contributed by atoms with Crippen molar-refractivity contribution in [3.05, 3.63) is 36.7 Å². The average Bonchev–Trinajstić information content (AvgIpc) is 3.45. The van der Waals surface area contributed by atoms with E-state index in [1.165, 1.54) is 0 Å². The Hall–Kier alpha value is -3.72. The van der Waals surface area contributed by atoms with Crippen molar-refractivity contribution in [1.29, 1.82) is 0 Å². The summed E-state index contributed by atoms with van der Waals surface area (Å²) >= 11 is 0. The third kappa shape index (κ3) is 3.71. The molecule has 1 saturated carbocycles. The SMILES string of the molecule is CNc1ncc(-c2nc3ccc(N4CCOCC4)cc3o2)c2cc(NC(=O)[C@H]3C[C@H]3C)ncc12. The Morgan fingerprint density at radius 2 is 1.94 bits per heavy atom. The summed E-state index contributed by atoms with van der Waals surface area (Å²) in [6.07, 6.45) is 4.40. The van der Waals surface area contributed by atoms with Crippen molar-refractivity contribution in [3.8, 4) is 11.5 Å². The zero-order chi connectivity index (χ0) is 23.2. The summed E-state index contributed by atoms with van der Waals surface area (Å²) in [5.41, 5.74) is 3.34. The zero-order valence-electron chi connectivity index (χ0n) is 19.2. The zero-order valence-corrected chi connectivity index (χ0v) is 19.2. The molecule has 2 aliphatic rings. The molecule has 1 aliphatic heterocycles. The minimum atomic E-state index is 0.0151. The highest BCUT2D eigenvalue weighted by Crippen LogP contribution is 2.39. The van der Waals surface area contributed by atoms with Gasteiger partial charge in [-0.2, -0.15) is 0 Å². The lowest BCUT2D eigenvalue weighted by molar-refractivity contribution is -0.117. The second-order valence-corrected chi connectivity index (χ2v) is 8.96. The van der Waals surface area contributed by atoms with E-state index < -0.39 is 0 Å². The van der Waals surface area contributed by atoms with Crippen LogP contribution in [0.2, 0.25) is 0 Å². The number of amides is 1. The molecule has 2 atom stereocenters. The van der Waals surface area contributed by atoms with Crippen LogP contribution in [-0.2, 0) is 9.53 Å². The number of morpholine rings is 1. The monoisotopic (exact) mass is 458 g/mol. The van der Waals surface area contributed by atoms with Crippen LogP contribution in [0.4, 0.5) is 17.3 Å². The highest BCUT2D eigenvalue weighted by atomic mass is 16.5. The lowest BCUT2D eigenvalue weighted by Crippen LogP contribution is -2.36. The number of ether oxygens (including phenoxy) is 1. The summed E-state index contributed by atoms with van der Waals surface area (Å²) in [6.45, 7) is 5.24. The van der Waals surface area contributed by atoms with Crippen LogP contribution in [-0.4, -0.2) is 54.2 Å². The molecule has 4 aromatic rings. The van der Waals surface area contributed by atoms with Crippen LogP contribution in [0.5, 0.6) is 0 Å². The first-order valence-electron chi connectivity index (χ1n) is 11.6. The lowest BCUT2D eigenvalue weighted by atomic mass is 10.1. The number of carbonyl (C=O) groups is 1. The van der Waals surface area contributed by atoms with Gasteiger partial charge in [0, 0.05) is 61.0 Å². The first-order valence-corrected chi connectivity index (χ1v) is 11.6. The van der Waals surface area contributed by atoms with Gasteiger partial charge < -0.3 is 24.7 Å². The van der Waals surface area contributed by atoms with Gasteiger partial charge in [0.25, 0.3) is 0 Å². The number of anilines is 3. The molecule has 1 saturated heterocycles. The second-order valence-electron chi connectivity index (χ2n) is 8.96. The molecule has 0 radical (unpaired) electrons. The molecule has 34 heavy (non-hydrogen) atoms. The maximum Gasteiger partial charge on any atom is 0.229 e. The van der Waals surface area contributed by atoms with Gasteiger partial charge in [0.1, 0.15) is 17.2 Å². The van der Waals surface area contributed by atoms with Crippen LogP contribution in [0.1, 0.15) is 13.3 Å². The molecule has 174 valence electrons. The molecule has 1 aromatic carbocycles. The minimum absolute atomic E-state index is 0.0151. The van der Waals surface area contributed by atoms with Gasteiger partial charge >= 0.3 is 0 Å². The van der Waals surface area contributed by atoms with Crippen LogP contribution < -0.4 is 15.5 Å². The molecule has 0 unspecified atom stereocenters. The molecular weight excluding hydrogens is 432 g/mol. The summed E-state index contributed by atoms with van der Waals surface area (Å²) in [5.74, 6) is 2.20. The number of aromatic nitrogens is 3. The van der Waals surface area contributed by atoms with Crippen molar-refractivity contribution in [2.75, 3.05) is 48.9 Å². The first kappa shape index (κ1) is 20.9. The molecule has 4 heterocycles. The normalized spacial score (nSPS) is 20.0. The van der Waals surface area contributed by atoms with Gasteiger partial charge in [0.15, 0.2) is 5.58 Å². The first-order chi connectivity index (χ1) is 16.6. The quantitative estimate of drug-likeness (QED) is 0.464. The van der Waals surface area contributed by atoms with E-state index >= 15 is 0 Å². The predicted molar refractivity (Wildman–Crippen MR) is 131 cm³/mol. The fraction of sp³-hybridized carbons (Fsp3) is 0.360. The number of rotatable bonds is 5. The van der Waals surface area contributed by atoms with E-state index in [9.17, 15) is 4.79 Å². The largest absolute Gasteiger partial charge is 0.436 e. The molecule has 0 spiro atoms. The van der Waals surface area contributed by atoms with Crippen LogP contribution in [0.3, 0.4) is 0 Å². The van der Waals surface area contributed by atoms with Gasteiger partial charge in [0.2, 0.25) is 11.8 Å². The van der Waals surface area contributed by atoms with E-state index in [-0.39, 0.29) is 11.8 Å². The number of carbonyl (C=O) groups excluding carboxylic acids is 1. The minimum Gasteiger partial charge on any atom is -0.436 e. The topological polar surface area (TPSA) is 105 Å². The Balaban J connectivity index is 1.40. The van der Waals surface area contributed by atoms with Crippen molar-refractivity contribution in [2.45, 2.75) is 13.3 Å². The molecule has 2 fully saturated rings. The molecule has 0 bridgehead atoms. The third-order valence-corrected chi connectivity index (χ3v) is 6.68. The lowest BCUT2D eigenvalue weighted by Gasteiger charge is -2.28. The fourth-order valence-electron chi connectivity index (χ4n) is 4.53. The van der Waals surface area contributed by atoms with Crippen molar-refractivity contribution in [3.63, 3.8) is 0 Å². The number of benzene rings is 1. The van der Waals surface area contributed by atoms with Gasteiger partial charge in [-0.15, -0.1) is 0 Å². The maximum absolute atomic E-state index is 12.5. The number of nitrogens with one attached hydrogen (secondary N) is 2. The maximum atomic E-state index is 12.5. The van der Waals surface area contributed by atoms with E-state index in [0.29, 0.717) is 23.4 Å². The molecule has 2 N–H and O–H groups in total. The molecule has 1 amide bonds. The number of oxazole rings is 1. The van der Waals surface area contributed by atoms with Gasteiger partial charge in [-0.1, -0.05) is 6.92 Å². The number of fused-ring (bicyclic) bond motifs is 2. The fourth-order valence-corrected chi connectivity index (χ4v) is 4.53.